The number of nitrogens with zero attached hydrogens (tertiary/aromatic N) is 3. The fourth-order valence-corrected chi connectivity index (χ4v) is 3.33. The van der Waals surface area contributed by atoms with Crippen molar-refractivity contribution >= 4 is 28.9 Å². The van der Waals surface area contributed by atoms with E-state index in [1.807, 2.05) is 19.1 Å². The summed E-state index contributed by atoms with van der Waals surface area (Å²) in [5.41, 5.74) is 1.99. The zero-order valence-corrected chi connectivity index (χ0v) is 16.6. The van der Waals surface area contributed by atoms with Gasteiger partial charge in [0.15, 0.2) is 6.10 Å². The Bertz CT molecular complexity index is 864. The third kappa shape index (κ3) is 4.54. The smallest absolute Gasteiger partial charge is 0.269 e. The maximum atomic E-state index is 12.7. The second kappa shape index (κ2) is 8.48. The summed E-state index contributed by atoms with van der Waals surface area (Å²) in [7, 11) is 0. The van der Waals surface area contributed by atoms with E-state index in [2.05, 4.69) is 4.90 Å². The number of hydrogen-bond acceptors (Lipinski definition) is 5. The Morgan fingerprint density at radius 3 is 2.39 bits per heavy atom. The second-order valence-electron chi connectivity index (χ2n) is 6.78. The molecule has 7 nitrogen and oxygen atoms in total. The molecule has 2 aromatic carbocycles. The third-order valence-corrected chi connectivity index (χ3v) is 5.07. The zero-order chi connectivity index (χ0) is 20.3. The normalized spacial score (nSPS) is 15.2. The monoisotopic (exact) mass is 403 g/mol. The van der Waals surface area contributed by atoms with Crippen LogP contribution in [0.15, 0.2) is 42.5 Å². The molecule has 1 saturated heterocycles. The summed E-state index contributed by atoms with van der Waals surface area (Å²) >= 11 is 6.15. The number of benzene rings is 2. The van der Waals surface area contributed by atoms with Gasteiger partial charge in [0.1, 0.15) is 5.75 Å². The second-order valence-corrected chi connectivity index (χ2v) is 7.19. The maximum absolute atomic E-state index is 12.7. The van der Waals surface area contributed by atoms with Gasteiger partial charge in [-0.15, -0.1) is 0 Å². The van der Waals surface area contributed by atoms with Gasteiger partial charge < -0.3 is 14.5 Å². The van der Waals surface area contributed by atoms with Gasteiger partial charge >= 0.3 is 0 Å². The first kappa shape index (κ1) is 19.9. The summed E-state index contributed by atoms with van der Waals surface area (Å²) in [6.45, 7) is 6.09. The van der Waals surface area contributed by atoms with Crippen molar-refractivity contribution in [3.63, 3.8) is 0 Å². The minimum absolute atomic E-state index is 0.0679. The SMILES string of the molecule is Cc1ccc(Cl)c(OC(C)C(=O)N2CCN(c3ccc([N+](=O)[O-])cc3)CC2)c1. The number of non-ortho nitro benzene ring substituents is 1. The topological polar surface area (TPSA) is 75.9 Å². The number of piperazine rings is 1. The molecule has 0 saturated carbocycles. The number of carbonyl (C=O) groups is 1. The number of aryl methyl sites for hydroxylation is 1. The minimum atomic E-state index is -0.634. The summed E-state index contributed by atoms with van der Waals surface area (Å²) < 4.78 is 5.79. The van der Waals surface area contributed by atoms with Crippen molar-refractivity contribution in [2.45, 2.75) is 20.0 Å². The highest BCUT2D eigenvalue weighted by Gasteiger charge is 2.26. The Hall–Kier alpha value is -2.80. The van der Waals surface area contributed by atoms with Crippen molar-refractivity contribution in [2.75, 3.05) is 31.1 Å². The lowest BCUT2D eigenvalue weighted by atomic mass is 10.2. The molecule has 1 fully saturated rings. The average molecular weight is 404 g/mol. The summed E-state index contributed by atoms with van der Waals surface area (Å²) in [6, 6.07) is 11.9. The molecule has 28 heavy (non-hydrogen) atoms. The van der Waals surface area contributed by atoms with Gasteiger partial charge in [-0.25, -0.2) is 0 Å². The number of amides is 1. The number of ether oxygens (including phenoxy) is 1. The quantitative estimate of drug-likeness (QED) is 0.562. The van der Waals surface area contributed by atoms with Crippen LogP contribution in [0, 0.1) is 17.0 Å². The summed E-state index contributed by atoms with van der Waals surface area (Å²) in [5.74, 6) is 0.424. The molecular weight excluding hydrogens is 382 g/mol. The molecule has 1 aliphatic rings. The lowest BCUT2D eigenvalue weighted by Gasteiger charge is -2.37. The summed E-state index contributed by atoms with van der Waals surface area (Å²) in [5, 5.41) is 11.2. The van der Waals surface area contributed by atoms with Gasteiger partial charge in [0, 0.05) is 44.0 Å². The standard InChI is InChI=1S/C20H22ClN3O4/c1-14-3-8-18(21)19(13-14)28-15(2)20(25)23-11-9-22(10-12-23)16-4-6-17(7-5-16)24(26)27/h3-8,13,15H,9-12H2,1-2H3. The number of rotatable bonds is 5. The van der Waals surface area contributed by atoms with Crippen LogP contribution in [0.1, 0.15) is 12.5 Å². The molecule has 0 N–H and O–H groups in total. The fourth-order valence-electron chi connectivity index (χ4n) is 3.17. The number of carbonyl (C=O) groups excluding carboxylic acids is 1. The van der Waals surface area contributed by atoms with E-state index in [1.54, 1.807) is 30.0 Å². The number of hydrogen-bond donors (Lipinski definition) is 0. The van der Waals surface area contributed by atoms with Crippen LogP contribution in [-0.4, -0.2) is 48.0 Å². The van der Waals surface area contributed by atoms with Crippen molar-refractivity contribution in [1.29, 1.82) is 0 Å². The van der Waals surface area contributed by atoms with Crippen LogP contribution >= 0.6 is 11.6 Å². The van der Waals surface area contributed by atoms with Crippen LogP contribution in [0.5, 0.6) is 5.75 Å². The van der Waals surface area contributed by atoms with Crippen molar-refractivity contribution in [3.05, 3.63) is 63.2 Å². The molecule has 1 unspecified atom stereocenters. The van der Waals surface area contributed by atoms with E-state index in [1.165, 1.54) is 12.1 Å². The molecule has 148 valence electrons. The molecular formula is C20H22ClN3O4. The first-order chi connectivity index (χ1) is 13.3. The molecule has 1 atom stereocenters. The Morgan fingerprint density at radius 2 is 1.79 bits per heavy atom. The Labute approximate surface area is 168 Å². The van der Waals surface area contributed by atoms with Gasteiger partial charge in [-0.3, -0.25) is 14.9 Å². The molecule has 8 heteroatoms. The number of anilines is 1. The highest BCUT2D eigenvalue weighted by atomic mass is 35.5. The molecule has 2 aromatic rings. The molecule has 3 rings (SSSR count). The average Bonchev–Trinajstić information content (AvgIpc) is 2.70. The van der Waals surface area contributed by atoms with Crippen LogP contribution in [0.3, 0.4) is 0 Å². The van der Waals surface area contributed by atoms with Crippen molar-refractivity contribution in [1.82, 2.24) is 4.90 Å². The van der Waals surface area contributed by atoms with E-state index in [0.717, 1.165) is 11.3 Å². The van der Waals surface area contributed by atoms with E-state index in [-0.39, 0.29) is 11.6 Å². The molecule has 1 amide bonds. The Kier molecular flexibility index (Phi) is 6.04. The van der Waals surface area contributed by atoms with Gasteiger partial charge in [0.05, 0.1) is 9.95 Å². The van der Waals surface area contributed by atoms with E-state index < -0.39 is 11.0 Å². The van der Waals surface area contributed by atoms with Gasteiger partial charge in [0.2, 0.25) is 0 Å². The molecule has 0 bridgehead atoms. The largest absolute Gasteiger partial charge is 0.479 e. The summed E-state index contributed by atoms with van der Waals surface area (Å²) in [4.78, 5) is 27.0. The lowest BCUT2D eigenvalue weighted by Crippen LogP contribution is -2.52. The fraction of sp³-hybridized carbons (Fsp3) is 0.350. The first-order valence-electron chi connectivity index (χ1n) is 9.06. The van der Waals surface area contributed by atoms with Crippen LogP contribution < -0.4 is 9.64 Å². The zero-order valence-electron chi connectivity index (χ0n) is 15.8. The molecule has 0 spiro atoms. The predicted molar refractivity (Wildman–Crippen MR) is 108 cm³/mol. The van der Waals surface area contributed by atoms with E-state index in [4.69, 9.17) is 16.3 Å². The third-order valence-electron chi connectivity index (χ3n) is 4.76. The molecule has 1 aliphatic heterocycles. The highest BCUT2D eigenvalue weighted by molar-refractivity contribution is 6.32. The van der Waals surface area contributed by atoms with Gasteiger partial charge in [-0.05, 0) is 43.7 Å². The summed E-state index contributed by atoms with van der Waals surface area (Å²) in [6.07, 6.45) is -0.634. The Balaban J connectivity index is 1.57. The van der Waals surface area contributed by atoms with Crippen molar-refractivity contribution in [3.8, 4) is 5.75 Å². The minimum Gasteiger partial charge on any atom is -0.479 e. The van der Waals surface area contributed by atoms with E-state index in [9.17, 15) is 14.9 Å². The van der Waals surface area contributed by atoms with E-state index in [0.29, 0.717) is 37.0 Å². The van der Waals surface area contributed by atoms with Crippen LogP contribution in [0.2, 0.25) is 5.02 Å². The van der Waals surface area contributed by atoms with Gasteiger partial charge in [-0.2, -0.15) is 0 Å². The van der Waals surface area contributed by atoms with Gasteiger partial charge in [-0.1, -0.05) is 17.7 Å². The molecule has 0 radical (unpaired) electrons. The van der Waals surface area contributed by atoms with Crippen molar-refractivity contribution in [2.24, 2.45) is 0 Å². The molecule has 0 aromatic heterocycles. The van der Waals surface area contributed by atoms with E-state index >= 15 is 0 Å². The lowest BCUT2D eigenvalue weighted by molar-refractivity contribution is -0.384. The molecule has 0 aliphatic carbocycles. The highest BCUT2D eigenvalue weighted by Crippen LogP contribution is 2.27. The number of nitro groups is 1. The molecule has 1 heterocycles. The number of halogens is 1. The maximum Gasteiger partial charge on any atom is 0.269 e. The predicted octanol–water partition coefficient (Wildman–Crippen LogP) is 3.67. The Morgan fingerprint density at radius 1 is 1.14 bits per heavy atom. The van der Waals surface area contributed by atoms with Crippen molar-refractivity contribution < 1.29 is 14.5 Å². The number of nitro benzene ring substituents is 1. The first-order valence-corrected chi connectivity index (χ1v) is 9.44. The van der Waals surface area contributed by atoms with Crippen LogP contribution in [0.4, 0.5) is 11.4 Å². The van der Waals surface area contributed by atoms with Gasteiger partial charge in [0.25, 0.3) is 11.6 Å². The van der Waals surface area contributed by atoms with Crippen LogP contribution in [0.25, 0.3) is 0 Å². The van der Waals surface area contributed by atoms with Crippen LogP contribution in [-0.2, 0) is 4.79 Å².